The molecule has 0 aliphatic rings. The molecule has 1 aromatic heterocycles. The van der Waals surface area contributed by atoms with Crippen molar-refractivity contribution in [2.24, 2.45) is 0 Å². The smallest absolute Gasteiger partial charge is 0.141 e. The average molecular weight is 163 g/mol. The van der Waals surface area contributed by atoms with E-state index in [1.807, 2.05) is 32.0 Å². The van der Waals surface area contributed by atoms with Crippen LogP contribution in [0.2, 0.25) is 0 Å². The van der Waals surface area contributed by atoms with Gasteiger partial charge in [0, 0.05) is 6.20 Å². The van der Waals surface area contributed by atoms with Crippen LogP contribution in [0, 0.1) is 0 Å². The molecule has 0 unspecified atom stereocenters. The monoisotopic (exact) mass is 163 g/mol. The molecule has 0 saturated carbocycles. The summed E-state index contributed by atoms with van der Waals surface area (Å²) in [6.07, 6.45) is 1.71. The van der Waals surface area contributed by atoms with Crippen molar-refractivity contribution in [1.29, 1.82) is 0 Å². The lowest BCUT2D eigenvalue weighted by molar-refractivity contribution is -0.121. The topological polar surface area (TPSA) is 30.0 Å². The molecule has 12 heavy (non-hydrogen) atoms. The van der Waals surface area contributed by atoms with Gasteiger partial charge in [-0.25, -0.2) is 0 Å². The van der Waals surface area contributed by atoms with Crippen molar-refractivity contribution >= 4 is 5.78 Å². The predicted molar refractivity (Wildman–Crippen MR) is 47.9 cm³/mol. The molecule has 0 N–H and O–H groups in total. The van der Waals surface area contributed by atoms with Crippen molar-refractivity contribution in [2.75, 3.05) is 0 Å². The van der Waals surface area contributed by atoms with Gasteiger partial charge in [-0.3, -0.25) is 9.78 Å². The summed E-state index contributed by atoms with van der Waals surface area (Å²) in [4.78, 5) is 15.4. The lowest BCUT2D eigenvalue weighted by Gasteiger charge is -2.19. The highest BCUT2D eigenvalue weighted by molar-refractivity contribution is 5.86. The Kier molecular flexibility index (Phi) is 2.27. The van der Waals surface area contributed by atoms with E-state index in [4.69, 9.17) is 0 Å². The van der Waals surface area contributed by atoms with Crippen LogP contribution in [-0.4, -0.2) is 10.8 Å². The average Bonchev–Trinajstić information content (AvgIpc) is 2.06. The van der Waals surface area contributed by atoms with Gasteiger partial charge < -0.3 is 0 Å². The van der Waals surface area contributed by atoms with Crippen LogP contribution in [0.15, 0.2) is 24.4 Å². The minimum Gasteiger partial charge on any atom is -0.299 e. The number of carbonyl (C=O) groups is 1. The highest BCUT2D eigenvalue weighted by atomic mass is 16.1. The Balaban J connectivity index is 3.06. The van der Waals surface area contributed by atoms with Crippen LogP contribution >= 0.6 is 0 Å². The molecule has 0 saturated heterocycles. The summed E-state index contributed by atoms with van der Waals surface area (Å²) < 4.78 is 0. The number of pyridine rings is 1. The van der Waals surface area contributed by atoms with E-state index in [0.717, 1.165) is 5.69 Å². The van der Waals surface area contributed by atoms with Crippen LogP contribution in [0.1, 0.15) is 26.5 Å². The van der Waals surface area contributed by atoms with Crippen molar-refractivity contribution in [3.8, 4) is 0 Å². The maximum absolute atomic E-state index is 11.2. The molecule has 0 radical (unpaired) electrons. The molecular formula is C10H13NO. The standard InChI is InChI=1S/C10H13NO/c1-8(12)10(2,3)9-6-4-5-7-11-9/h4-7H,1-3H3. The van der Waals surface area contributed by atoms with Crippen molar-refractivity contribution in [3.05, 3.63) is 30.1 Å². The molecule has 0 atom stereocenters. The molecule has 2 nitrogen and oxygen atoms in total. The van der Waals surface area contributed by atoms with E-state index in [-0.39, 0.29) is 5.78 Å². The third-order valence-corrected chi connectivity index (χ3v) is 2.19. The molecule has 64 valence electrons. The minimum absolute atomic E-state index is 0.140. The maximum atomic E-state index is 11.2. The Bertz CT molecular complexity index is 277. The first-order chi connectivity index (χ1) is 5.55. The van der Waals surface area contributed by atoms with Crippen LogP contribution < -0.4 is 0 Å². The second-order valence-electron chi connectivity index (χ2n) is 3.40. The van der Waals surface area contributed by atoms with E-state index < -0.39 is 5.41 Å². The van der Waals surface area contributed by atoms with Crippen molar-refractivity contribution in [2.45, 2.75) is 26.2 Å². The van der Waals surface area contributed by atoms with E-state index >= 15 is 0 Å². The van der Waals surface area contributed by atoms with E-state index in [1.54, 1.807) is 13.1 Å². The van der Waals surface area contributed by atoms with Crippen LogP contribution in [-0.2, 0) is 10.2 Å². The van der Waals surface area contributed by atoms with E-state index in [2.05, 4.69) is 4.98 Å². The number of carbonyl (C=O) groups excluding carboxylic acids is 1. The van der Waals surface area contributed by atoms with Crippen LogP contribution in [0.25, 0.3) is 0 Å². The first kappa shape index (κ1) is 8.91. The molecule has 0 aliphatic heterocycles. The normalized spacial score (nSPS) is 11.2. The summed E-state index contributed by atoms with van der Waals surface area (Å²) in [5, 5.41) is 0. The molecule has 0 aliphatic carbocycles. The number of hydrogen-bond donors (Lipinski definition) is 0. The molecule has 0 aromatic carbocycles. The quantitative estimate of drug-likeness (QED) is 0.667. The van der Waals surface area contributed by atoms with E-state index in [9.17, 15) is 4.79 Å². The van der Waals surface area contributed by atoms with Gasteiger partial charge in [0.1, 0.15) is 5.78 Å². The van der Waals surface area contributed by atoms with Crippen LogP contribution in [0.4, 0.5) is 0 Å². The number of aromatic nitrogens is 1. The third kappa shape index (κ3) is 1.52. The summed E-state index contributed by atoms with van der Waals surface area (Å²) >= 11 is 0. The number of ketones is 1. The van der Waals surface area contributed by atoms with Gasteiger partial charge in [-0.2, -0.15) is 0 Å². The van der Waals surface area contributed by atoms with Crippen LogP contribution in [0.5, 0.6) is 0 Å². The van der Waals surface area contributed by atoms with Crippen molar-refractivity contribution in [1.82, 2.24) is 4.98 Å². The summed E-state index contributed by atoms with van der Waals surface area (Å²) in [7, 11) is 0. The molecule has 1 aromatic rings. The second-order valence-corrected chi connectivity index (χ2v) is 3.40. The molecule has 1 rings (SSSR count). The number of rotatable bonds is 2. The Morgan fingerprint density at radius 2 is 2.08 bits per heavy atom. The summed E-state index contributed by atoms with van der Waals surface area (Å²) in [6.45, 7) is 5.37. The fourth-order valence-corrected chi connectivity index (χ4v) is 0.913. The zero-order valence-electron chi connectivity index (χ0n) is 7.66. The first-order valence-electron chi connectivity index (χ1n) is 3.97. The van der Waals surface area contributed by atoms with Gasteiger partial charge in [0.15, 0.2) is 0 Å². The SMILES string of the molecule is CC(=O)C(C)(C)c1ccccn1. The fourth-order valence-electron chi connectivity index (χ4n) is 0.913. The Labute approximate surface area is 72.6 Å². The minimum atomic E-state index is -0.457. The maximum Gasteiger partial charge on any atom is 0.141 e. The van der Waals surface area contributed by atoms with Gasteiger partial charge in [-0.05, 0) is 32.9 Å². The van der Waals surface area contributed by atoms with Gasteiger partial charge in [0.2, 0.25) is 0 Å². The Morgan fingerprint density at radius 1 is 1.42 bits per heavy atom. The third-order valence-electron chi connectivity index (χ3n) is 2.19. The largest absolute Gasteiger partial charge is 0.299 e. The molecular weight excluding hydrogens is 150 g/mol. The highest BCUT2D eigenvalue weighted by Gasteiger charge is 2.26. The molecule has 0 spiro atoms. The highest BCUT2D eigenvalue weighted by Crippen LogP contribution is 2.21. The summed E-state index contributed by atoms with van der Waals surface area (Å²) in [6, 6.07) is 5.62. The van der Waals surface area contributed by atoms with Gasteiger partial charge >= 0.3 is 0 Å². The molecule has 1 heterocycles. The zero-order chi connectivity index (χ0) is 9.19. The van der Waals surface area contributed by atoms with Crippen LogP contribution in [0.3, 0.4) is 0 Å². The summed E-state index contributed by atoms with van der Waals surface area (Å²) in [5.41, 5.74) is 0.374. The lowest BCUT2D eigenvalue weighted by Crippen LogP contribution is -2.27. The Morgan fingerprint density at radius 3 is 2.50 bits per heavy atom. The number of hydrogen-bond acceptors (Lipinski definition) is 2. The number of nitrogens with zero attached hydrogens (tertiary/aromatic N) is 1. The van der Waals surface area contributed by atoms with Crippen molar-refractivity contribution < 1.29 is 4.79 Å². The molecule has 0 amide bonds. The van der Waals surface area contributed by atoms with E-state index in [1.165, 1.54) is 0 Å². The first-order valence-corrected chi connectivity index (χ1v) is 3.97. The Hall–Kier alpha value is -1.18. The molecule has 0 bridgehead atoms. The van der Waals surface area contributed by atoms with Crippen molar-refractivity contribution in [3.63, 3.8) is 0 Å². The van der Waals surface area contributed by atoms with Gasteiger partial charge in [-0.15, -0.1) is 0 Å². The molecule has 0 fully saturated rings. The zero-order valence-corrected chi connectivity index (χ0v) is 7.66. The lowest BCUT2D eigenvalue weighted by atomic mass is 9.85. The van der Waals surface area contributed by atoms with Gasteiger partial charge in [0.05, 0.1) is 11.1 Å². The van der Waals surface area contributed by atoms with Gasteiger partial charge in [-0.1, -0.05) is 6.07 Å². The summed E-state index contributed by atoms with van der Waals surface area (Å²) in [5.74, 6) is 0.140. The fraction of sp³-hybridized carbons (Fsp3) is 0.400. The second kappa shape index (κ2) is 3.05. The molecule has 2 heteroatoms. The van der Waals surface area contributed by atoms with E-state index in [0.29, 0.717) is 0 Å². The number of Topliss-reactive ketones (excluding diaryl/α,β-unsaturated/α-hetero) is 1. The predicted octanol–water partition coefficient (Wildman–Crippen LogP) is 1.95. The van der Waals surface area contributed by atoms with Gasteiger partial charge in [0.25, 0.3) is 0 Å².